The first-order valence-electron chi connectivity index (χ1n) is 10.7. The lowest BCUT2D eigenvalue weighted by atomic mass is 10.0. The second kappa shape index (κ2) is 13.6. The fraction of sp³-hybridized carbons (Fsp3) is 0.750. The van der Waals surface area contributed by atoms with E-state index in [-0.39, 0.29) is 35.1 Å². The molecule has 32 heavy (non-hydrogen) atoms. The molecule has 0 radical (unpaired) electrons. The summed E-state index contributed by atoms with van der Waals surface area (Å²) < 4.78 is 0. The van der Waals surface area contributed by atoms with E-state index >= 15 is 0 Å². The lowest BCUT2D eigenvalue weighted by Gasteiger charge is -2.30. The van der Waals surface area contributed by atoms with Crippen molar-refractivity contribution in [3.63, 3.8) is 0 Å². The van der Waals surface area contributed by atoms with Crippen LogP contribution in [0.25, 0.3) is 0 Å². The van der Waals surface area contributed by atoms with E-state index in [1.165, 1.54) is 18.9 Å². The molecule has 5 amide bonds. The average molecular weight is 490 g/mol. The number of hydrogen-bond acceptors (Lipinski definition) is 7. The number of carbonyl (C=O) groups excluding carboxylic acids is 5. The molecule has 4 N–H and O–H groups in total. The van der Waals surface area contributed by atoms with E-state index in [4.69, 9.17) is 0 Å². The minimum absolute atomic E-state index is 0.0927. The predicted octanol–water partition coefficient (Wildman–Crippen LogP) is -0.897. The molecule has 0 saturated carbocycles. The first-order chi connectivity index (χ1) is 15.0. The molecular formula is C20H35N5O5S2. The van der Waals surface area contributed by atoms with Crippen LogP contribution in [-0.4, -0.2) is 83.7 Å². The number of nitrogens with one attached hydrogen (secondary N) is 4. The zero-order valence-corrected chi connectivity index (χ0v) is 20.8. The van der Waals surface area contributed by atoms with Gasteiger partial charge in [0.05, 0.1) is 0 Å². The first kappa shape index (κ1) is 28.1. The molecule has 0 unspecified atom stereocenters. The summed E-state index contributed by atoms with van der Waals surface area (Å²) in [5, 5.41) is 10.4. The third kappa shape index (κ3) is 8.19. The lowest BCUT2D eigenvalue weighted by molar-refractivity contribution is -0.141. The van der Waals surface area contributed by atoms with Crippen LogP contribution >= 0.6 is 25.3 Å². The molecule has 182 valence electrons. The highest BCUT2D eigenvalue weighted by molar-refractivity contribution is 7.80. The molecule has 1 aliphatic heterocycles. The van der Waals surface area contributed by atoms with Gasteiger partial charge in [0.2, 0.25) is 29.5 Å². The normalized spacial score (nSPS) is 18.5. The Bertz CT molecular complexity index is 706. The molecule has 0 aromatic heterocycles. The third-order valence-electron chi connectivity index (χ3n) is 5.10. The predicted molar refractivity (Wildman–Crippen MR) is 127 cm³/mol. The Morgan fingerprint density at radius 1 is 0.938 bits per heavy atom. The van der Waals surface area contributed by atoms with E-state index in [1.54, 1.807) is 0 Å². The number of likely N-dealkylation sites (N-methyl/N-ethyl adjacent to an activating group) is 1. The molecule has 0 aromatic rings. The summed E-state index contributed by atoms with van der Waals surface area (Å²) in [5.74, 6) is -1.76. The van der Waals surface area contributed by atoms with Crippen molar-refractivity contribution in [3.8, 4) is 0 Å². The van der Waals surface area contributed by atoms with E-state index in [0.29, 0.717) is 25.8 Å². The molecule has 1 saturated heterocycles. The van der Waals surface area contributed by atoms with Gasteiger partial charge in [0.15, 0.2) is 0 Å². The van der Waals surface area contributed by atoms with Crippen molar-refractivity contribution in [1.82, 2.24) is 26.2 Å². The number of rotatable bonds is 11. The molecule has 0 bridgehead atoms. The molecule has 4 atom stereocenters. The maximum atomic E-state index is 13.0. The summed E-state index contributed by atoms with van der Waals surface area (Å²) in [4.78, 5) is 63.5. The van der Waals surface area contributed by atoms with Crippen LogP contribution in [0.1, 0.15) is 40.0 Å². The van der Waals surface area contributed by atoms with Gasteiger partial charge in [-0.2, -0.15) is 25.3 Å². The highest BCUT2D eigenvalue weighted by atomic mass is 32.1. The Kier molecular flexibility index (Phi) is 11.9. The quantitative estimate of drug-likeness (QED) is 0.209. The molecular weight excluding hydrogens is 454 g/mol. The monoisotopic (exact) mass is 489 g/mol. The highest BCUT2D eigenvalue weighted by Gasteiger charge is 2.38. The van der Waals surface area contributed by atoms with Gasteiger partial charge in [-0.1, -0.05) is 13.8 Å². The third-order valence-corrected chi connectivity index (χ3v) is 5.83. The minimum Gasteiger partial charge on any atom is -0.357 e. The average Bonchev–Trinajstić information content (AvgIpc) is 3.23. The van der Waals surface area contributed by atoms with Crippen molar-refractivity contribution in [2.75, 3.05) is 25.1 Å². The van der Waals surface area contributed by atoms with Gasteiger partial charge >= 0.3 is 0 Å². The standard InChI is InChI=1S/C20H35N5O5S2/c1-11(2)8-13(18(28)24-14(9-31)17(27)21-4)23-19(29)16-6-5-7-25(16)20(30)15(10-32)22-12(3)26/h11,13-16,31-32H,5-10H2,1-4H3,(H,21,27)(H,22,26)(H,23,29)(H,24,28)/t13-,14+,15+,16+/m1/s1. The minimum atomic E-state index is -0.872. The van der Waals surface area contributed by atoms with E-state index in [9.17, 15) is 24.0 Å². The molecule has 1 heterocycles. The van der Waals surface area contributed by atoms with Gasteiger partial charge in [-0.3, -0.25) is 24.0 Å². The molecule has 12 heteroatoms. The van der Waals surface area contributed by atoms with E-state index in [0.717, 1.165) is 0 Å². The van der Waals surface area contributed by atoms with Crippen molar-refractivity contribution < 1.29 is 24.0 Å². The summed E-state index contributed by atoms with van der Waals surface area (Å²) >= 11 is 8.24. The summed E-state index contributed by atoms with van der Waals surface area (Å²) in [6.45, 7) is 5.51. The van der Waals surface area contributed by atoms with Gasteiger partial charge in [-0.25, -0.2) is 0 Å². The van der Waals surface area contributed by atoms with Crippen LogP contribution < -0.4 is 21.3 Å². The van der Waals surface area contributed by atoms with Gasteiger partial charge in [-0.05, 0) is 25.2 Å². The Morgan fingerprint density at radius 2 is 1.56 bits per heavy atom. The van der Waals surface area contributed by atoms with Crippen molar-refractivity contribution in [2.45, 2.75) is 64.2 Å². The van der Waals surface area contributed by atoms with Crippen LogP contribution in [0.5, 0.6) is 0 Å². The highest BCUT2D eigenvalue weighted by Crippen LogP contribution is 2.20. The molecule has 10 nitrogen and oxygen atoms in total. The lowest BCUT2D eigenvalue weighted by Crippen LogP contribution is -2.58. The number of thiol groups is 2. The Hall–Kier alpha value is -1.95. The van der Waals surface area contributed by atoms with Gasteiger partial charge < -0.3 is 26.2 Å². The number of hydrogen-bond donors (Lipinski definition) is 6. The molecule has 0 spiro atoms. The molecule has 0 aromatic carbocycles. The van der Waals surface area contributed by atoms with Crippen LogP contribution in [0.4, 0.5) is 0 Å². The fourth-order valence-electron chi connectivity index (χ4n) is 3.55. The van der Waals surface area contributed by atoms with Crippen molar-refractivity contribution >= 4 is 54.8 Å². The molecule has 1 aliphatic rings. The van der Waals surface area contributed by atoms with Gasteiger partial charge in [0.1, 0.15) is 24.2 Å². The number of carbonyl (C=O) groups is 5. The second-order valence-corrected chi connectivity index (χ2v) is 8.90. The maximum Gasteiger partial charge on any atom is 0.246 e. The largest absolute Gasteiger partial charge is 0.357 e. The van der Waals surface area contributed by atoms with Crippen LogP contribution in [0, 0.1) is 5.92 Å². The number of amides is 5. The summed E-state index contributed by atoms with van der Waals surface area (Å²) in [6.07, 6.45) is 1.43. The van der Waals surface area contributed by atoms with Crippen molar-refractivity contribution in [1.29, 1.82) is 0 Å². The first-order valence-corrected chi connectivity index (χ1v) is 11.9. The van der Waals surface area contributed by atoms with Gasteiger partial charge in [0, 0.05) is 32.0 Å². The van der Waals surface area contributed by atoms with E-state index < -0.39 is 36.0 Å². The van der Waals surface area contributed by atoms with Crippen LogP contribution in [0.3, 0.4) is 0 Å². The van der Waals surface area contributed by atoms with E-state index in [2.05, 4.69) is 46.5 Å². The van der Waals surface area contributed by atoms with Gasteiger partial charge in [0.25, 0.3) is 0 Å². The zero-order valence-electron chi connectivity index (χ0n) is 19.0. The van der Waals surface area contributed by atoms with Crippen LogP contribution in [-0.2, 0) is 24.0 Å². The Morgan fingerprint density at radius 3 is 2.06 bits per heavy atom. The Balaban J connectivity index is 2.94. The number of likely N-dealkylation sites (tertiary alicyclic amines) is 1. The van der Waals surface area contributed by atoms with Crippen LogP contribution in [0.2, 0.25) is 0 Å². The maximum absolute atomic E-state index is 13.0. The molecule has 1 rings (SSSR count). The number of nitrogens with zero attached hydrogens (tertiary/aromatic N) is 1. The van der Waals surface area contributed by atoms with Crippen molar-refractivity contribution in [3.05, 3.63) is 0 Å². The van der Waals surface area contributed by atoms with Crippen molar-refractivity contribution in [2.24, 2.45) is 5.92 Å². The Labute approximate surface area is 200 Å². The smallest absolute Gasteiger partial charge is 0.246 e. The SMILES string of the molecule is CNC(=O)[C@H](CS)NC(=O)[C@@H](CC(C)C)NC(=O)[C@@H]1CCCN1C(=O)[C@H](CS)NC(C)=O. The summed E-state index contributed by atoms with van der Waals surface area (Å²) in [7, 11) is 1.46. The summed E-state index contributed by atoms with van der Waals surface area (Å²) in [6, 6.07) is -3.28. The summed E-state index contributed by atoms with van der Waals surface area (Å²) in [5.41, 5.74) is 0. The van der Waals surface area contributed by atoms with Gasteiger partial charge in [-0.15, -0.1) is 0 Å². The topological polar surface area (TPSA) is 137 Å². The fourth-order valence-corrected chi connectivity index (χ4v) is 4.05. The zero-order chi connectivity index (χ0) is 24.4. The second-order valence-electron chi connectivity index (χ2n) is 8.17. The molecule has 0 aliphatic carbocycles. The van der Waals surface area contributed by atoms with Crippen LogP contribution in [0.15, 0.2) is 0 Å². The molecule has 1 fully saturated rings. The van der Waals surface area contributed by atoms with E-state index in [1.807, 2.05) is 13.8 Å².